The Hall–Kier alpha value is -2.82. The zero-order valence-corrected chi connectivity index (χ0v) is 33.6. The summed E-state index contributed by atoms with van der Waals surface area (Å²) in [4.78, 5) is 0. The lowest BCUT2D eigenvalue weighted by Gasteiger charge is -2.40. The third kappa shape index (κ3) is 9.70. The van der Waals surface area contributed by atoms with Crippen molar-refractivity contribution < 1.29 is 14.6 Å². The second-order valence-corrected chi connectivity index (χ2v) is 18.3. The van der Waals surface area contributed by atoms with Gasteiger partial charge in [-0.05, 0) is 81.9 Å². The second-order valence-electron chi connectivity index (χ2n) is 18.3. The average Bonchev–Trinajstić information content (AvgIpc) is 2.99. The van der Waals surface area contributed by atoms with Crippen LogP contribution in [-0.4, -0.2) is 24.4 Å². The summed E-state index contributed by atoms with van der Waals surface area (Å²) in [6.45, 7) is 32.4. The number of benzene rings is 3. The van der Waals surface area contributed by atoms with E-state index in [0.29, 0.717) is 19.6 Å². The fourth-order valence-electron chi connectivity index (χ4n) is 6.48. The van der Waals surface area contributed by atoms with Crippen molar-refractivity contribution in [2.75, 3.05) is 13.2 Å². The molecule has 3 rings (SSSR count). The van der Waals surface area contributed by atoms with Gasteiger partial charge in [0.25, 0.3) is 0 Å². The molecule has 0 fully saturated rings. The van der Waals surface area contributed by atoms with Crippen LogP contribution in [-0.2, 0) is 33.7 Å². The molecule has 4 nitrogen and oxygen atoms in total. The van der Waals surface area contributed by atoms with Crippen LogP contribution in [0.2, 0.25) is 0 Å². The van der Waals surface area contributed by atoms with E-state index in [1.54, 1.807) is 0 Å². The van der Waals surface area contributed by atoms with E-state index in [9.17, 15) is 5.11 Å². The molecular formula is C45H69NO3. The van der Waals surface area contributed by atoms with E-state index in [1.807, 2.05) is 18.2 Å². The highest BCUT2D eigenvalue weighted by Gasteiger charge is 2.43. The molecule has 4 heteroatoms. The van der Waals surface area contributed by atoms with Crippen molar-refractivity contribution in [2.24, 2.45) is 5.73 Å². The van der Waals surface area contributed by atoms with Crippen LogP contribution in [0.3, 0.4) is 0 Å². The Bertz CT molecular complexity index is 1350. The van der Waals surface area contributed by atoms with Crippen LogP contribution in [0, 0.1) is 0 Å². The monoisotopic (exact) mass is 672 g/mol. The van der Waals surface area contributed by atoms with Gasteiger partial charge < -0.3 is 20.3 Å². The van der Waals surface area contributed by atoms with Crippen LogP contribution in [0.15, 0.2) is 54.6 Å². The molecule has 1 atom stereocenters. The molecule has 272 valence electrons. The molecule has 3 aromatic carbocycles. The van der Waals surface area contributed by atoms with Crippen molar-refractivity contribution in [1.82, 2.24) is 0 Å². The van der Waals surface area contributed by atoms with Crippen molar-refractivity contribution in [1.29, 1.82) is 0 Å². The van der Waals surface area contributed by atoms with Crippen LogP contribution in [0.25, 0.3) is 0 Å². The molecule has 0 aliphatic heterocycles. The summed E-state index contributed by atoms with van der Waals surface area (Å²) >= 11 is 0. The molecule has 0 bridgehead atoms. The van der Waals surface area contributed by atoms with E-state index in [2.05, 4.69) is 133 Å². The lowest BCUT2D eigenvalue weighted by molar-refractivity contribution is 0.0509. The third-order valence-corrected chi connectivity index (χ3v) is 9.61. The van der Waals surface area contributed by atoms with Gasteiger partial charge in [0.2, 0.25) is 0 Å². The maximum absolute atomic E-state index is 13.6. The smallest absolute Gasteiger partial charge is 0.130 e. The Labute approximate surface area is 300 Å². The van der Waals surface area contributed by atoms with Crippen molar-refractivity contribution in [2.45, 2.75) is 162 Å². The molecule has 3 aromatic rings. The molecular weight excluding hydrogens is 602 g/mol. The molecule has 0 radical (unpaired) electrons. The lowest BCUT2D eigenvalue weighted by atomic mass is 9.70. The molecule has 1 unspecified atom stereocenters. The predicted octanol–water partition coefficient (Wildman–Crippen LogP) is 11.0. The summed E-state index contributed by atoms with van der Waals surface area (Å²) in [7, 11) is 0. The van der Waals surface area contributed by atoms with Gasteiger partial charge >= 0.3 is 0 Å². The van der Waals surface area contributed by atoms with Gasteiger partial charge in [0.15, 0.2) is 0 Å². The van der Waals surface area contributed by atoms with Crippen LogP contribution >= 0.6 is 0 Å². The summed E-state index contributed by atoms with van der Waals surface area (Å²) in [6, 6.07) is 18.4. The highest BCUT2D eigenvalue weighted by atomic mass is 16.5. The van der Waals surface area contributed by atoms with E-state index in [0.717, 1.165) is 76.1 Å². The number of hydrogen-bond acceptors (Lipinski definition) is 4. The van der Waals surface area contributed by atoms with Gasteiger partial charge in [-0.2, -0.15) is 0 Å². The molecule has 0 heterocycles. The van der Waals surface area contributed by atoms with Crippen molar-refractivity contribution in [3.63, 3.8) is 0 Å². The lowest BCUT2D eigenvalue weighted by Crippen LogP contribution is -2.48. The van der Waals surface area contributed by atoms with Gasteiger partial charge in [0.1, 0.15) is 17.1 Å². The van der Waals surface area contributed by atoms with Crippen molar-refractivity contribution in [3.8, 4) is 11.5 Å². The van der Waals surface area contributed by atoms with Crippen LogP contribution in [0.4, 0.5) is 0 Å². The Kier molecular flexibility index (Phi) is 12.9. The number of hydrogen-bond donors (Lipinski definition) is 2. The first-order valence-corrected chi connectivity index (χ1v) is 18.7. The minimum atomic E-state index is -1.53. The molecule has 0 aliphatic carbocycles. The molecule has 0 saturated heterocycles. The predicted molar refractivity (Wildman–Crippen MR) is 210 cm³/mol. The standard InChI is InChI=1S/C45H69NO3/c1-15-17-24-48-39-34(41(3,4)5)27-32(28-35(39)42(6,7)8)45(47,38(46)26-31-22-20-19-21-23-31)33-29-36(43(9,10)11)40(49-25-18-16-2)37(30-33)44(12,13)14/h19-23,27-30,38,47H,15-18,24-26,46H2,1-14H3. The zero-order chi connectivity index (χ0) is 37.0. The fourth-order valence-corrected chi connectivity index (χ4v) is 6.48. The zero-order valence-electron chi connectivity index (χ0n) is 33.6. The summed E-state index contributed by atoms with van der Waals surface area (Å²) < 4.78 is 13.3. The first kappa shape index (κ1) is 40.6. The minimum Gasteiger partial charge on any atom is -0.493 e. The van der Waals surface area contributed by atoms with Gasteiger partial charge in [0.05, 0.1) is 13.2 Å². The van der Waals surface area contributed by atoms with Gasteiger partial charge in [-0.1, -0.05) is 140 Å². The summed E-state index contributed by atoms with van der Waals surface area (Å²) in [5.41, 5.74) is 11.9. The number of rotatable bonds is 13. The largest absolute Gasteiger partial charge is 0.493 e. The van der Waals surface area contributed by atoms with E-state index >= 15 is 0 Å². The van der Waals surface area contributed by atoms with Crippen LogP contribution in [0.5, 0.6) is 11.5 Å². The second kappa shape index (κ2) is 15.6. The van der Waals surface area contributed by atoms with Gasteiger partial charge in [0, 0.05) is 28.3 Å². The van der Waals surface area contributed by atoms with E-state index < -0.39 is 11.6 Å². The number of ether oxygens (including phenoxy) is 2. The van der Waals surface area contributed by atoms with E-state index in [1.165, 1.54) is 0 Å². The average molecular weight is 672 g/mol. The highest BCUT2D eigenvalue weighted by molar-refractivity contribution is 5.58. The highest BCUT2D eigenvalue weighted by Crippen LogP contribution is 2.48. The van der Waals surface area contributed by atoms with E-state index in [-0.39, 0.29) is 21.7 Å². The number of nitrogens with two attached hydrogens (primary N) is 1. The summed E-state index contributed by atoms with van der Waals surface area (Å²) in [5, 5.41) is 13.6. The number of unbranched alkanes of at least 4 members (excludes halogenated alkanes) is 2. The maximum Gasteiger partial charge on any atom is 0.130 e. The van der Waals surface area contributed by atoms with Gasteiger partial charge in [-0.25, -0.2) is 0 Å². The first-order chi connectivity index (χ1) is 22.6. The van der Waals surface area contributed by atoms with Gasteiger partial charge in [-0.15, -0.1) is 0 Å². The molecule has 0 saturated carbocycles. The molecule has 49 heavy (non-hydrogen) atoms. The van der Waals surface area contributed by atoms with Crippen molar-refractivity contribution in [3.05, 3.63) is 93.5 Å². The van der Waals surface area contributed by atoms with Crippen LogP contribution in [0.1, 0.15) is 162 Å². The maximum atomic E-state index is 13.6. The molecule has 3 N–H and O–H groups in total. The molecule has 0 aromatic heterocycles. The quantitative estimate of drug-likeness (QED) is 0.178. The first-order valence-electron chi connectivity index (χ1n) is 18.7. The fraction of sp³-hybridized carbons (Fsp3) is 0.600. The van der Waals surface area contributed by atoms with Crippen molar-refractivity contribution >= 4 is 0 Å². The Morgan fingerprint density at radius 3 is 1.18 bits per heavy atom. The SMILES string of the molecule is CCCCOc1c(C(C)(C)C)cc(C(O)(c2cc(C(C)(C)C)c(OCCCC)c(C(C)(C)C)c2)C(N)Cc2ccccc2)cc1C(C)(C)C. The summed E-state index contributed by atoms with van der Waals surface area (Å²) in [5.74, 6) is 1.86. The topological polar surface area (TPSA) is 64.7 Å². The number of aliphatic hydroxyl groups is 1. The Balaban J connectivity index is 2.53. The van der Waals surface area contributed by atoms with Crippen LogP contribution < -0.4 is 15.2 Å². The Morgan fingerprint density at radius 2 is 0.898 bits per heavy atom. The normalized spacial score (nSPS) is 13.8. The minimum absolute atomic E-state index is 0.244. The summed E-state index contributed by atoms with van der Waals surface area (Å²) in [6.07, 6.45) is 4.60. The molecule has 0 aliphatic rings. The van der Waals surface area contributed by atoms with E-state index in [4.69, 9.17) is 15.2 Å². The Morgan fingerprint density at radius 1 is 0.571 bits per heavy atom. The third-order valence-electron chi connectivity index (χ3n) is 9.61. The molecule has 0 amide bonds. The molecule has 0 spiro atoms. The van der Waals surface area contributed by atoms with Gasteiger partial charge in [-0.3, -0.25) is 0 Å².